The zero-order valence-corrected chi connectivity index (χ0v) is 39.6. The lowest BCUT2D eigenvalue weighted by Gasteiger charge is -2.21. The molecule has 6 heteroatoms. The summed E-state index contributed by atoms with van der Waals surface area (Å²) >= 11 is 0. The molecule has 1 rings (SSSR count). The molecule has 0 N–H and O–H groups in total. The van der Waals surface area contributed by atoms with Crippen molar-refractivity contribution in [1.29, 1.82) is 0 Å². The fraction of sp³-hybridized carbons (Fsp3) is 0.712. The molecule has 0 spiro atoms. The number of unbranched alkanes of at least 4 members (excludes halogenated alkanes) is 14. The van der Waals surface area contributed by atoms with Gasteiger partial charge in [-0.15, -0.1) is 0 Å². The van der Waals surface area contributed by atoms with Gasteiger partial charge in [0.1, 0.15) is 6.61 Å². The smallest absolute Gasteiger partial charge is 0.306 e. The van der Waals surface area contributed by atoms with Crippen LogP contribution in [0, 0.1) is 0 Å². The van der Waals surface area contributed by atoms with Crippen LogP contribution in [0.2, 0.25) is 0 Å². The number of hydrogen-bond acceptors (Lipinski definition) is 6. The van der Waals surface area contributed by atoms with Gasteiger partial charge in [-0.2, -0.15) is 0 Å². The van der Waals surface area contributed by atoms with Gasteiger partial charge in [0.2, 0.25) is 0 Å². The molecule has 0 amide bonds. The fourth-order valence-electron chi connectivity index (χ4n) is 6.70. The van der Waals surface area contributed by atoms with Crippen LogP contribution in [0.5, 0.6) is 0 Å². The van der Waals surface area contributed by atoms with Crippen LogP contribution in [0.1, 0.15) is 201 Å². The number of ether oxygens (including phenoxy) is 3. The molecule has 4 nitrogen and oxygen atoms in total. The predicted octanol–water partition coefficient (Wildman–Crippen LogP) is 16.9. The maximum Gasteiger partial charge on any atom is 0.306 e. The van der Waals surface area contributed by atoms with E-state index in [9.17, 15) is 4.79 Å². The van der Waals surface area contributed by atoms with Crippen LogP contribution in [0.15, 0.2) is 84.2 Å². The average molecular weight is 841 g/mol. The van der Waals surface area contributed by atoms with Crippen molar-refractivity contribution in [1.82, 2.24) is 0 Å². The van der Waals surface area contributed by atoms with Crippen molar-refractivity contribution in [3.8, 4) is 0 Å². The van der Waals surface area contributed by atoms with Crippen molar-refractivity contribution in [3.05, 3.63) is 84.2 Å². The summed E-state index contributed by atoms with van der Waals surface area (Å²) in [5.41, 5.74) is 1.21. The van der Waals surface area contributed by atoms with E-state index in [-0.39, 0.29) is 5.97 Å². The molecule has 0 radical (unpaired) electrons. The standard InChI is InChI=1S/C52H88O4S2/c1-5-7-9-11-13-15-17-19-21-22-23-24-25-26-28-30-32-34-36-42-52(53)56-49(47-55-51(48(3)4)41-38-37-40-50-43-45-57-58-50)46-54-44-39-35-33-31-29-27-20-18-16-14-12-10-8-6-2/h7,9,13,15,19,21,23-24,26,28,32,34,49-50H,5-6,8,10-12,14,16-18,20,22,25,27,29-31,33,35-47H2,1-4H3/b9-7-,15-13-,21-19-,24-23-,28-26-,34-32-/t49?,50-/m1/s1. The Bertz CT molecular complexity index is 1140. The van der Waals surface area contributed by atoms with Gasteiger partial charge in [0.25, 0.3) is 0 Å². The molecule has 1 aliphatic heterocycles. The highest BCUT2D eigenvalue weighted by Gasteiger charge is 2.18. The SMILES string of the molecule is CC/C=C\C/C=C\C/C=C\C/C=C\C/C=C\C/C=C\CCC(=O)OC(COCCCCCCCCCCCCCCCC)COC(CCCC[C@@H]1CCSS1)=C(C)C. The highest BCUT2D eigenvalue weighted by atomic mass is 33.1. The number of carbonyl (C=O) groups excluding carboxylic acids is 1. The molecule has 1 aliphatic rings. The first-order valence-corrected chi connectivity index (χ1v) is 26.2. The Hall–Kier alpha value is -1.89. The summed E-state index contributed by atoms with van der Waals surface area (Å²) in [7, 11) is 4.08. The van der Waals surface area contributed by atoms with Crippen LogP contribution in [-0.2, 0) is 19.0 Å². The summed E-state index contributed by atoms with van der Waals surface area (Å²) < 4.78 is 18.4. The lowest BCUT2D eigenvalue weighted by Crippen LogP contribution is -2.29. The molecule has 332 valence electrons. The second kappa shape index (κ2) is 43.2. The molecule has 1 saturated heterocycles. The minimum atomic E-state index is -0.398. The molecular weight excluding hydrogens is 753 g/mol. The molecule has 0 saturated carbocycles. The van der Waals surface area contributed by atoms with Crippen molar-refractivity contribution in [2.75, 3.05) is 25.6 Å². The maximum absolute atomic E-state index is 12.9. The van der Waals surface area contributed by atoms with Gasteiger partial charge in [0, 0.05) is 30.5 Å². The third-order valence-corrected chi connectivity index (χ3v) is 13.3. The molecule has 1 unspecified atom stereocenters. The largest absolute Gasteiger partial charge is 0.494 e. The molecule has 0 aromatic carbocycles. The molecule has 0 aliphatic carbocycles. The number of allylic oxidation sites excluding steroid dienone is 14. The molecule has 0 bridgehead atoms. The zero-order chi connectivity index (χ0) is 41.8. The van der Waals surface area contributed by atoms with Crippen molar-refractivity contribution >= 4 is 27.6 Å². The lowest BCUT2D eigenvalue weighted by molar-refractivity contribution is -0.155. The van der Waals surface area contributed by atoms with Gasteiger partial charge in [-0.3, -0.25) is 4.79 Å². The third-order valence-electron chi connectivity index (χ3n) is 10.3. The van der Waals surface area contributed by atoms with Crippen molar-refractivity contribution in [2.45, 2.75) is 212 Å². The van der Waals surface area contributed by atoms with E-state index in [2.05, 4.69) is 111 Å². The number of carbonyl (C=O) groups is 1. The van der Waals surface area contributed by atoms with Gasteiger partial charge in [-0.25, -0.2) is 0 Å². The third kappa shape index (κ3) is 37.1. The minimum absolute atomic E-state index is 0.182. The summed E-state index contributed by atoms with van der Waals surface area (Å²) in [4.78, 5) is 12.9. The van der Waals surface area contributed by atoms with Crippen LogP contribution in [0.3, 0.4) is 0 Å². The van der Waals surface area contributed by atoms with E-state index in [1.54, 1.807) is 0 Å². The van der Waals surface area contributed by atoms with Crippen LogP contribution in [0.25, 0.3) is 0 Å². The Kier molecular flexibility index (Phi) is 40.3. The quantitative estimate of drug-likeness (QED) is 0.0201. The molecule has 0 aromatic rings. The van der Waals surface area contributed by atoms with E-state index in [4.69, 9.17) is 14.2 Å². The van der Waals surface area contributed by atoms with E-state index >= 15 is 0 Å². The van der Waals surface area contributed by atoms with Gasteiger partial charge in [-0.1, -0.05) is 198 Å². The Labute approximate surface area is 367 Å². The first kappa shape index (κ1) is 54.1. The highest BCUT2D eigenvalue weighted by Crippen LogP contribution is 2.40. The van der Waals surface area contributed by atoms with Gasteiger partial charge >= 0.3 is 5.97 Å². The number of hydrogen-bond donors (Lipinski definition) is 0. The first-order chi connectivity index (χ1) is 28.6. The molecule has 1 heterocycles. The molecule has 58 heavy (non-hydrogen) atoms. The monoisotopic (exact) mass is 841 g/mol. The van der Waals surface area contributed by atoms with Crippen LogP contribution < -0.4 is 0 Å². The molecule has 2 atom stereocenters. The van der Waals surface area contributed by atoms with Gasteiger partial charge < -0.3 is 14.2 Å². The van der Waals surface area contributed by atoms with Crippen LogP contribution in [-0.4, -0.2) is 42.9 Å². The van der Waals surface area contributed by atoms with Crippen LogP contribution >= 0.6 is 21.6 Å². The fourth-order valence-corrected chi connectivity index (χ4v) is 9.72. The number of esters is 1. The molecule has 1 fully saturated rings. The molecule has 0 aromatic heterocycles. The van der Waals surface area contributed by atoms with E-state index in [0.717, 1.165) is 68.8 Å². The van der Waals surface area contributed by atoms with E-state index in [0.29, 0.717) is 32.7 Å². The normalized spacial score (nSPS) is 15.4. The summed E-state index contributed by atoms with van der Waals surface area (Å²) in [5, 5.41) is 0.814. The summed E-state index contributed by atoms with van der Waals surface area (Å²) in [6.45, 7) is 10.1. The topological polar surface area (TPSA) is 44.8 Å². The van der Waals surface area contributed by atoms with E-state index in [1.165, 1.54) is 114 Å². The number of rotatable bonds is 40. The molecular formula is C52H88O4S2. The zero-order valence-electron chi connectivity index (χ0n) is 38.0. The Morgan fingerprint density at radius 1 is 0.603 bits per heavy atom. The summed E-state index contributed by atoms with van der Waals surface area (Å²) in [6.07, 6.45) is 57.7. The highest BCUT2D eigenvalue weighted by molar-refractivity contribution is 8.77. The Morgan fingerprint density at radius 3 is 1.62 bits per heavy atom. The Balaban J connectivity index is 2.35. The van der Waals surface area contributed by atoms with Gasteiger partial charge in [0.05, 0.1) is 12.4 Å². The minimum Gasteiger partial charge on any atom is -0.494 e. The second-order valence-corrected chi connectivity index (χ2v) is 18.8. The van der Waals surface area contributed by atoms with Crippen molar-refractivity contribution < 1.29 is 19.0 Å². The Morgan fingerprint density at radius 2 is 1.12 bits per heavy atom. The van der Waals surface area contributed by atoms with E-state index < -0.39 is 6.10 Å². The summed E-state index contributed by atoms with van der Waals surface area (Å²) in [6, 6.07) is 0. The second-order valence-electron chi connectivity index (χ2n) is 16.0. The van der Waals surface area contributed by atoms with Crippen LogP contribution in [0.4, 0.5) is 0 Å². The van der Waals surface area contributed by atoms with Crippen molar-refractivity contribution in [3.63, 3.8) is 0 Å². The average Bonchev–Trinajstić information content (AvgIpc) is 3.74. The maximum atomic E-state index is 12.9. The summed E-state index contributed by atoms with van der Waals surface area (Å²) in [5.74, 6) is 2.15. The van der Waals surface area contributed by atoms with Crippen molar-refractivity contribution in [2.24, 2.45) is 0 Å². The van der Waals surface area contributed by atoms with Gasteiger partial charge in [0.15, 0.2) is 6.10 Å². The lowest BCUT2D eigenvalue weighted by atomic mass is 10.0. The van der Waals surface area contributed by atoms with Gasteiger partial charge in [-0.05, 0) is 90.0 Å². The predicted molar refractivity (Wildman–Crippen MR) is 260 cm³/mol. The first-order valence-electron chi connectivity index (χ1n) is 23.8. The van der Waals surface area contributed by atoms with E-state index in [1.807, 2.05) is 10.8 Å².